The Kier molecular flexibility index (Phi) is 6.99. The molecular weight excluding hydrogens is 406 g/mol. The highest BCUT2D eigenvalue weighted by Gasteiger charge is 2.26. The molecule has 1 aromatic heterocycles. The Morgan fingerprint density at radius 1 is 1.10 bits per heavy atom. The summed E-state index contributed by atoms with van der Waals surface area (Å²) in [6, 6.07) is 19.2. The second-order valence-corrected chi connectivity index (χ2v) is 9.22. The summed E-state index contributed by atoms with van der Waals surface area (Å²) in [5.41, 5.74) is 3.76. The number of hydrogen-bond acceptors (Lipinski definition) is 2. The standard InChI is InChI=1S/C26H32ClN3O/c1-3-19(2)28-26(31)21-11-13-29(14-12-21)18-24-16-22-8-4-5-10-25(22)30(24)17-20-7-6-9-23(27)15-20/h4-10,15-16,19,21H,3,11-14,17-18H2,1-2H3,(H,28,31)/t19-/m0/s1. The van der Waals surface area contributed by atoms with Gasteiger partial charge in [-0.25, -0.2) is 0 Å². The highest BCUT2D eigenvalue weighted by atomic mass is 35.5. The number of hydrogen-bond donors (Lipinski definition) is 1. The molecule has 0 spiro atoms. The van der Waals surface area contributed by atoms with Crippen molar-refractivity contribution >= 4 is 28.4 Å². The number of rotatable bonds is 7. The number of benzene rings is 2. The van der Waals surface area contributed by atoms with Crippen molar-refractivity contribution in [3.8, 4) is 0 Å². The number of halogens is 1. The summed E-state index contributed by atoms with van der Waals surface area (Å²) in [5.74, 6) is 0.367. The quantitative estimate of drug-likeness (QED) is 0.532. The summed E-state index contributed by atoms with van der Waals surface area (Å²) < 4.78 is 2.41. The Morgan fingerprint density at radius 3 is 2.61 bits per heavy atom. The summed E-state index contributed by atoms with van der Waals surface area (Å²) in [6.45, 7) is 7.79. The molecule has 4 rings (SSSR count). The monoisotopic (exact) mass is 437 g/mol. The van der Waals surface area contributed by atoms with Gasteiger partial charge < -0.3 is 9.88 Å². The van der Waals surface area contributed by atoms with Crippen LogP contribution in [0.15, 0.2) is 54.6 Å². The number of nitrogens with zero attached hydrogens (tertiary/aromatic N) is 2. The van der Waals surface area contributed by atoms with Gasteiger partial charge in [0.05, 0.1) is 0 Å². The van der Waals surface area contributed by atoms with E-state index in [0.29, 0.717) is 0 Å². The van der Waals surface area contributed by atoms with E-state index in [2.05, 4.69) is 65.0 Å². The molecule has 0 bridgehead atoms. The Bertz CT molecular complexity index is 1040. The summed E-state index contributed by atoms with van der Waals surface area (Å²) in [7, 11) is 0. The molecule has 1 aliphatic heterocycles. The molecule has 1 fully saturated rings. The van der Waals surface area contributed by atoms with E-state index in [1.54, 1.807) is 0 Å². The number of aromatic nitrogens is 1. The normalized spacial score (nSPS) is 16.5. The van der Waals surface area contributed by atoms with Gasteiger partial charge in [0.25, 0.3) is 0 Å². The minimum absolute atomic E-state index is 0.141. The van der Waals surface area contributed by atoms with Gasteiger partial charge in [-0.2, -0.15) is 0 Å². The molecule has 4 nitrogen and oxygen atoms in total. The highest BCUT2D eigenvalue weighted by Crippen LogP contribution is 2.25. The van der Waals surface area contributed by atoms with Crippen LogP contribution >= 0.6 is 11.6 Å². The molecule has 1 atom stereocenters. The van der Waals surface area contributed by atoms with E-state index in [9.17, 15) is 4.79 Å². The number of piperidine rings is 1. The minimum Gasteiger partial charge on any atom is -0.353 e. The maximum absolute atomic E-state index is 12.5. The van der Waals surface area contributed by atoms with Gasteiger partial charge in [-0.05, 0) is 74.5 Å². The molecule has 3 aromatic rings. The van der Waals surface area contributed by atoms with E-state index in [0.717, 1.165) is 50.5 Å². The van der Waals surface area contributed by atoms with E-state index in [1.807, 2.05) is 18.2 Å². The van der Waals surface area contributed by atoms with E-state index in [-0.39, 0.29) is 17.9 Å². The number of likely N-dealkylation sites (tertiary alicyclic amines) is 1. The highest BCUT2D eigenvalue weighted by molar-refractivity contribution is 6.30. The van der Waals surface area contributed by atoms with Crippen LogP contribution in [-0.2, 0) is 17.9 Å². The summed E-state index contributed by atoms with van der Waals surface area (Å²) in [5, 5.41) is 5.19. The zero-order valence-electron chi connectivity index (χ0n) is 18.5. The number of carbonyl (C=O) groups is 1. The lowest BCUT2D eigenvalue weighted by atomic mass is 9.95. The number of carbonyl (C=O) groups excluding carboxylic acids is 1. The first-order valence-corrected chi connectivity index (χ1v) is 11.8. The van der Waals surface area contributed by atoms with Gasteiger partial charge in [0.15, 0.2) is 0 Å². The van der Waals surface area contributed by atoms with Gasteiger partial charge in [-0.1, -0.05) is 48.9 Å². The minimum atomic E-state index is 0.141. The fourth-order valence-electron chi connectivity index (χ4n) is 4.45. The second kappa shape index (κ2) is 9.88. The molecule has 2 heterocycles. The lowest BCUT2D eigenvalue weighted by Crippen LogP contribution is -2.42. The molecule has 1 N–H and O–H groups in total. The van der Waals surface area contributed by atoms with Crippen LogP contribution in [0.2, 0.25) is 5.02 Å². The average Bonchev–Trinajstić information content (AvgIpc) is 3.11. The summed E-state index contributed by atoms with van der Waals surface area (Å²) in [4.78, 5) is 15.0. The Labute approximate surface area is 190 Å². The molecule has 5 heteroatoms. The molecular formula is C26H32ClN3O. The summed E-state index contributed by atoms with van der Waals surface area (Å²) >= 11 is 6.23. The molecule has 0 aliphatic carbocycles. The van der Waals surface area contributed by atoms with Crippen molar-refractivity contribution < 1.29 is 4.79 Å². The third kappa shape index (κ3) is 5.31. The van der Waals surface area contributed by atoms with Crippen LogP contribution in [0.3, 0.4) is 0 Å². The van der Waals surface area contributed by atoms with Gasteiger partial charge in [0, 0.05) is 41.3 Å². The summed E-state index contributed by atoms with van der Waals surface area (Å²) in [6.07, 6.45) is 2.83. The van der Waals surface area contributed by atoms with Crippen LogP contribution in [0.25, 0.3) is 10.9 Å². The number of nitrogens with one attached hydrogen (secondary N) is 1. The predicted molar refractivity (Wildman–Crippen MR) is 128 cm³/mol. The van der Waals surface area contributed by atoms with Crippen LogP contribution in [0.5, 0.6) is 0 Å². The first-order valence-electron chi connectivity index (χ1n) is 11.4. The third-order valence-corrected chi connectivity index (χ3v) is 6.71. The van der Waals surface area contributed by atoms with E-state index in [1.165, 1.54) is 22.2 Å². The lowest BCUT2D eigenvalue weighted by molar-refractivity contribution is -0.127. The molecule has 0 radical (unpaired) electrons. The second-order valence-electron chi connectivity index (χ2n) is 8.78. The Morgan fingerprint density at radius 2 is 1.87 bits per heavy atom. The molecule has 0 unspecified atom stereocenters. The zero-order chi connectivity index (χ0) is 21.8. The van der Waals surface area contributed by atoms with Crippen LogP contribution in [0, 0.1) is 5.92 Å². The fourth-order valence-corrected chi connectivity index (χ4v) is 4.66. The van der Waals surface area contributed by atoms with Crippen LogP contribution in [0.1, 0.15) is 44.4 Å². The van der Waals surface area contributed by atoms with E-state index >= 15 is 0 Å². The molecule has 31 heavy (non-hydrogen) atoms. The molecule has 1 aliphatic rings. The Balaban J connectivity index is 1.47. The maximum Gasteiger partial charge on any atom is 0.223 e. The average molecular weight is 438 g/mol. The van der Waals surface area contributed by atoms with Crippen molar-refractivity contribution in [2.24, 2.45) is 5.92 Å². The van der Waals surface area contributed by atoms with Crippen molar-refractivity contribution in [3.63, 3.8) is 0 Å². The van der Waals surface area contributed by atoms with E-state index in [4.69, 9.17) is 11.6 Å². The van der Waals surface area contributed by atoms with Gasteiger partial charge in [0.1, 0.15) is 0 Å². The SMILES string of the molecule is CC[C@H](C)NC(=O)C1CCN(Cc2cc3ccccc3n2Cc2cccc(Cl)c2)CC1. The predicted octanol–water partition coefficient (Wildman–Crippen LogP) is 5.47. The topological polar surface area (TPSA) is 37.3 Å². The van der Waals surface area contributed by atoms with Crippen LogP contribution < -0.4 is 5.32 Å². The van der Waals surface area contributed by atoms with Gasteiger partial charge >= 0.3 is 0 Å². The van der Waals surface area contributed by atoms with Gasteiger partial charge in [0.2, 0.25) is 5.91 Å². The van der Waals surface area contributed by atoms with Crippen molar-refractivity contribution in [3.05, 3.63) is 70.9 Å². The molecule has 1 amide bonds. The lowest BCUT2D eigenvalue weighted by Gasteiger charge is -2.32. The van der Waals surface area contributed by atoms with Crippen LogP contribution in [-0.4, -0.2) is 34.5 Å². The number of fused-ring (bicyclic) bond motifs is 1. The third-order valence-electron chi connectivity index (χ3n) is 6.47. The maximum atomic E-state index is 12.5. The molecule has 2 aromatic carbocycles. The largest absolute Gasteiger partial charge is 0.353 e. The van der Waals surface area contributed by atoms with Crippen molar-refractivity contribution in [1.82, 2.24) is 14.8 Å². The molecule has 0 saturated carbocycles. The first-order chi connectivity index (χ1) is 15.0. The number of para-hydroxylation sites is 1. The van der Waals surface area contributed by atoms with Crippen molar-refractivity contribution in [1.29, 1.82) is 0 Å². The first kappa shape index (κ1) is 21.9. The van der Waals surface area contributed by atoms with Crippen molar-refractivity contribution in [2.45, 2.75) is 52.2 Å². The van der Waals surface area contributed by atoms with Crippen LogP contribution in [0.4, 0.5) is 0 Å². The van der Waals surface area contributed by atoms with Gasteiger partial charge in [-0.3, -0.25) is 9.69 Å². The van der Waals surface area contributed by atoms with Crippen molar-refractivity contribution in [2.75, 3.05) is 13.1 Å². The van der Waals surface area contributed by atoms with E-state index < -0.39 is 0 Å². The molecule has 164 valence electrons. The fraction of sp³-hybridized carbons (Fsp3) is 0.423. The molecule has 1 saturated heterocycles. The number of amides is 1. The Hall–Kier alpha value is -2.30. The smallest absolute Gasteiger partial charge is 0.223 e. The zero-order valence-corrected chi connectivity index (χ0v) is 19.2. The van der Waals surface area contributed by atoms with Gasteiger partial charge in [-0.15, -0.1) is 0 Å².